The van der Waals surface area contributed by atoms with Gasteiger partial charge in [-0.05, 0) is 37.1 Å². The molecule has 0 heterocycles. The third kappa shape index (κ3) is 2.68. The number of hydrogen-bond acceptors (Lipinski definition) is 2. The highest BCUT2D eigenvalue weighted by atomic mass is 127. The van der Waals surface area contributed by atoms with Gasteiger partial charge >= 0.3 is 0 Å². The first-order valence-corrected chi connectivity index (χ1v) is 10.1. The number of rotatable bonds is 2. The van der Waals surface area contributed by atoms with E-state index in [1.807, 2.05) is 0 Å². The largest absolute Gasteiger partial charge is 0.0518 e. The molecule has 0 aliphatic carbocycles. The van der Waals surface area contributed by atoms with E-state index in [1.165, 1.54) is 20.9 Å². The molecule has 0 saturated heterocycles. The molecule has 66 valence electrons. The second-order valence-corrected chi connectivity index (χ2v) is 6.37. The molecule has 0 nitrogen and oxygen atoms in total. The highest BCUT2D eigenvalue weighted by Crippen LogP contribution is 2.39. The van der Waals surface area contributed by atoms with E-state index >= 15 is 0 Å². The molecule has 0 aliphatic heterocycles. The van der Waals surface area contributed by atoms with Gasteiger partial charge in [0, 0.05) is 52.2 Å². The highest BCUT2D eigenvalue weighted by molar-refractivity contribution is 14.2. The summed E-state index contributed by atoms with van der Waals surface area (Å²) in [7, 11) is 3.57. The zero-order valence-corrected chi connectivity index (χ0v) is 12.7. The van der Waals surface area contributed by atoms with E-state index in [1.54, 1.807) is 17.9 Å². The fourth-order valence-electron chi connectivity index (χ4n) is 0.884. The molecule has 0 unspecified atom stereocenters. The van der Waals surface area contributed by atoms with Crippen molar-refractivity contribution in [2.45, 2.75) is 23.6 Å². The zero-order valence-electron chi connectivity index (χ0n) is 6.73. The van der Waals surface area contributed by atoms with Crippen LogP contribution in [0.2, 0.25) is 0 Å². The maximum Gasteiger partial charge on any atom is 0.0325 e. The average Bonchev–Trinajstić information content (AvgIpc) is 2.09. The van der Waals surface area contributed by atoms with E-state index in [2.05, 4.69) is 68.4 Å². The molecule has 4 heteroatoms. The Balaban J connectivity index is 3.19. The first-order chi connectivity index (χ1) is 5.69. The van der Waals surface area contributed by atoms with Gasteiger partial charge in [-0.3, -0.25) is 0 Å². The van der Waals surface area contributed by atoms with Crippen LogP contribution in [-0.4, -0.2) is 0 Å². The van der Waals surface area contributed by atoms with Crippen molar-refractivity contribution >= 4 is 60.3 Å². The second-order valence-electron chi connectivity index (χ2n) is 2.54. The van der Waals surface area contributed by atoms with Crippen molar-refractivity contribution in [1.29, 1.82) is 0 Å². The van der Waals surface area contributed by atoms with Gasteiger partial charge in [0.25, 0.3) is 0 Å². The van der Waals surface area contributed by atoms with E-state index in [-0.39, 0.29) is 0 Å². The van der Waals surface area contributed by atoms with Gasteiger partial charge in [-0.15, -0.1) is 0 Å². The summed E-state index contributed by atoms with van der Waals surface area (Å²) < 4.78 is 0. The smallest absolute Gasteiger partial charge is 0.0325 e. The summed E-state index contributed by atoms with van der Waals surface area (Å²) in [5.74, 6) is 0. The van der Waals surface area contributed by atoms with Crippen LogP contribution in [0, 0.1) is 13.8 Å². The molecular weight excluding hydrogens is 414 g/mol. The third-order valence-electron chi connectivity index (χ3n) is 1.73. The summed E-state index contributed by atoms with van der Waals surface area (Å²) in [6.45, 7) is 4.32. The van der Waals surface area contributed by atoms with Crippen molar-refractivity contribution in [2.24, 2.45) is 0 Å². The molecule has 1 aromatic carbocycles. The molecule has 0 atom stereocenters. The van der Waals surface area contributed by atoms with E-state index in [4.69, 9.17) is 0 Å². The van der Waals surface area contributed by atoms with Gasteiger partial charge in [-0.1, -0.05) is 17.9 Å². The predicted octanol–water partition coefficient (Wildman–Crippen LogP) is 5.19. The Morgan fingerprint density at radius 3 is 1.50 bits per heavy atom. The Kier molecular flexibility index (Phi) is 5.07. The average molecular weight is 422 g/mol. The molecule has 0 aromatic heterocycles. The van der Waals surface area contributed by atoms with E-state index < -0.39 is 0 Å². The van der Waals surface area contributed by atoms with Crippen LogP contribution in [0.15, 0.2) is 21.9 Å². The molecule has 0 fully saturated rings. The maximum absolute atomic E-state index is 2.33. The lowest BCUT2D eigenvalue weighted by atomic mass is 10.1. The molecule has 0 aliphatic rings. The minimum Gasteiger partial charge on any atom is -0.0518 e. The summed E-state index contributed by atoms with van der Waals surface area (Å²) in [6.07, 6.45) is 0. The zero-order chi connectivity index (χ0) is 9.14. The molecular formula is C8H8I2S2. The van der Waals surface area contributed by atoms with Crippen LogP contribution in [0.3, 0.4) is 0 Å². The summed E-state index contributed by atoms with van der Waals surface area (Å²) in [5.41, 5.74) is 2.76. The second kappa shape index (κ2) is 5.31. The maximum atomic E-state index is 2.33. The number of halogens is 2. The van der Waals surface area contributed by atoms with Crippen LogP contribution in [-0.2, 0) is 0 Å². The minimum absolute atomic E-state index is 1.37. The molecule has 0 radical (unpaired) electrons. The highest BCUT2D eigenvalue weighted by Gasteiger charge is 2.04. The molecule has 0 saturated carbocycles. The Morgan fingerprint density at radius 1 is 0.917 bits per heavy atom. The fraction of sp³-hybridized carbons (Fsp3) is 0.250. The van der Waals surface area contributed by atoms with Gasteiger partial charge < -0.3 is 0 Å². The fourth-order valence-corrected chi connectivity index (χ4v) is 4.93. The van der Waals surface area contributed by atoms with Crippen molar-refractivity contribution in [2.75, 3.05) is 0 Å². The Morgan fingerprint density at radius 2 is 1.25 bits per heavy atom. The van der Waals surface area contributed by atoms with Gasteiger partial charge in [-0.2, -0.15) is 0 Å². The van der Waals surface area contributed by atoms with Crippen LogP contribution in [0.4, 0.5) is 0 Å². The third-order valence-corrected chi connectivity index (χ3v) is 5.71. The Labute approximate surface area is 106 Å². The van der Waals surface area contributed by atoms with Gasteiger partial charge in [0.2, 0.25) is 0 Å². The van der Waals surface area contributed by atoms with Crippen LogP contribution < -0.4 is 0 Å². The first kappa shape index (κ1) is 11.5. The first-order valence-electron chi connectivity index (χ1n) is 3.37. The van der Waals surface area contributed by atoms with Gasteiger partial charge in [0.15, 0.2) is 0 Å². The summed E-state index contributed by atoms with van der Waals surface area (Å²) in [4.78, 5) is 2.75. The van der Waals surface area contributed by atoms with Gasteiger partial charge in [-0.25, -0.2) is 0 Å². The predicted molar refractivity (Wildman–Crippen MR) is 75.7 cm³/mol. The molecule has 1 aromatic rings. The van der Waals surface area contributed by atoms with Crippen LogP contribution in [0.1, 0.15) is 11.1 Å². The summed E-state index contributed by atoms with van der Waals surface area (Å²) in [6, 6.07) is 4.51. The molecule has 0 N–H and O–H groups in total. The summed E-state index contributed by atoms with van der Waals surface area (Å²) >= 11 is 4.66. The standard InChI is InChI=1S/C8H8I2S2/c1-5-3-7(11-9)8(12-10)4-6(5)2/h3-4H,1-2H3. The Bertz CT molecular complexity index is 258. The number of hydrogen-bond donors (Lipinski definition) is 0. The SMILES string of the molecule is Cc1cc(SI)c(SI)cc1C. The Hall–Kier alpha value is 1.38. The van der Waals surface area contributed by atoms with E-state index in [0.29, 0.717) is 0 Å². The van der Waals surface area contributed by atoms with Gasteiger partial charge in [0.05, 0.1) is 0 Å². The van der Waals surface area contributed by atoms with Crippen molar-refractivity contribution in [3.05, 3.63) is 23.3 Å². The van der Waals surface area contributed by atoms with Crippen LogP contribution in [0.5, 0.6) is 0 Å². The lowest BCUT2D eigenvalue weighted by Crippen LogP contribution is -1.83. The quantitative estimate of drug-likeness (QED) is 0.603. The molecule has 12 heavy (non-hydrogen) atoms. The number of aryl methyl sites for hydroxylation is 2. The normalized spacial score (nSPS) is 10.3. The lowest BCUT2D eigenvalue weighted by molar-refractivity contribution is 1.18. The molecule has 0 bridgehead atoms. The lowest BCUT2D eigenvalue weighted by Gasteiger charge is -2.06. The van der Waals surface area contributed by atoms with Crippen molar-refractivity contribution in [3.63, 3.8) is 0 Å². The van der Waals surface area contributed by atoms with Crippen molar-refractivity contribution in [1.82, 2.24) is 0 Å². The van der Waals surface area contributed by atoms with Crippen LogP contribution >= 0.6 is 60.3 Å². The topological polar surface area (TPSA) is 0 Å². The van der Waals surface area contributed by atoms with E-state index in [0.717, 1.165) is 0 Å². The molecule has 1 rings (SSSR count). The molecule has 0 spiro atoms. The minimum atomic E-state index is 1.37. The van der Waals surface area contributed by atoms with Crippen molar-refractivity contribution in [3.8, 4) is 0 Å². The molecule has 0 amide bonds. The summed E-state index contributed by atoms with van der Waals surface area (Å²) in [5, 5.41) is 0. The van der Waals surface area contributed by atoms with Crippen molar-refractivity contribution < 1.29 is 0 Å². The van der Waals surface area contributed by atoms with Crippen LogP contribution in [0.25, 0.3) is 0 Å². The van der Waals surface area contributed by atoms with Gasteiger partial charge in [0.1, 0.15) is 0 Å². The van der Waals surface area contributed by atoms with E-state index in [9.17, 15) is 0 Å². The number of benzene rings is 1. The monoisotopic (exact) mass is 422 g/mol.